The molecule has 0 radical (unpaired) electrons. The van der Waals surface area contributed by atoms with Crippen molar-refractivity contribution in [3.05, 3.63) is 30.1 Å². The van der Waals surface area contributed by atoms with Gasteiger partial charge in [-0.2, -0.15) is 0 Å². The fraction of sp³-hybridized carbons (Fsp3) is 0.438. The van der Waals surface area contributed by atoms with Crippen molar-refractivity contribution < 1.29 is 17.6 Å². The van der Waals surface area contributed by atoms with Gasteiger partial charge in [-0.15, -0.1) is 10.2 Å². The lowest BCUT2D eigenvalue weighted by atomic mass is 10.2. The van der Waals surface area contributed by atoms with Gasteiger partial charge in [-0.25, -0.2) is 12.8 Å². The van der Waals surface area contributed by atoms with E-state index in [0.717, 1.165) is 5.56 Å². The molecule has 1 fully saturated rings. The highest BCUT2D eigenvalue weighted by molar-refractivity contribution is 8.00. The van der Waals surface area contributed by atoms with E-state index in [1.54, 1.807) is 30.7 Å². The molecular formula is C16H19FN4O3S2. The molecule has 1 aliphatic rings. The predicted molar refractivity (Wildman–Crippen MR) is 96.9 cm³/mol. The standard InChI is InChI=1S/C16H19FN4O3S2/c1-10(15(22)18-13-7-8-26(23,24)9-13)25-16-20-19-14(21(16)2)11-3-5-12(17)6-4-11/h3-6,10,13H,7-9H2,1-2H3,(H,18,22)/t10-,13-/m0/s1. The van der Waals surface area contributed by atoms with Gasteiger partial charge in [-0.1, -0.05) is 11.8 Å². The van der Waals surface area contributed by atoms with Crippen LogP contribution in [-0.4, -0.2) is 51.9 Å². The van der Waals surface area contributed by atoms with Gasteiger partial charge in [0.05, 0.1) is 16.8 Å². The third-order valence-electron chi connectivity index (χ3n) is 4.17. The molecule has 0 aliphatic carbocycles. The van der Waals surface area contributed by atoms with Gasteiger partial charge in [0.15, 0.2) is 20.8 Å². The van der Waals surface area contributed by atoms with E-state index in [2.05, 4.69) is 15.5 Å². The van der Waals surface area contributed by atoms with Crippen LogP contribution in [0.1, 0.15) is 13.3 Å². The minimum absolute atomic E-state index is 0.00516. The summed E-state index contributed by atoms with van der Waals surface area (Å²) >= 11 is 1.23. The number of rotatable bonds is 5. The molecule has 0 saturated carbocycles. The Balaban J connectivity index is 1.65. The number of nitrogens with one attached hydrogen (secondary N) is 1. The van der Waals surface area contributed by atoms with Gasteiger partial charge in [0.2, 0.25) is 5.91 Å². The normalized spacial score (nSPS) is 20.0. The number of hydrogen-bond acceptors (Lipinski definition) is 6. The molecule has 1 aromatic carbocycles. The number of halogens is 1. The summed E-state index contributed by atoms with van der Waals surface area (Å²) in [6, 6.07) is 5.60. The minimum Gasteiger partial charge on any atom is -0.351 e. The fourth-order valence-electron chi connectivity index (χ4n) is 2.71. The van der Waals surface area contributed by atoms with E-state index in [-0.39, 0.29) is 29.3 Å². The van der Waals surface area contributed by atoms with Crippen LogP contribution >= 0.6 is 11.8 Å². The van der Waals surface area contributed by atoms with Crippen LogP contribution in [0.25, 0.3) is 11.4 Å². The Morgan fingerprint density at radius 2 is 2.04 bits per heavy atom. The van der Waals surface area contributed by atoms with Gasteiger partial charge in [0, 0.05) is 18.7 Å². The molecular weight excluding hydrogens is 379 g/mol. The lowest BCUT2D eigenvalue weighted by Gasteiger charge is -2.15. The Labute approximate surface area is 155 Å². The third-order valence-corrected chi connectivity index (χ3v) is 7.07. The highest BCUT2D eigenvalue weighted by atomic mass is 32.2. The van der Waals surface area contributed by atoms with E-state index in [9.17, 15) is 17.6 Å². The minimum atomic E-state index is -3.04. The van der Waals surface area contributed by atoms with Crippen LogP contribution in [0.15, 0.2) is 29.4 Å². The number of aromatic nitrogens is 3. The average Bonchev–Trinajstić information content (AvgIpc) is 3.11. The van der Waals surface area contributed by atoms with Crippen LogP contribution < -0.4 is 5.32 Å². The van der Waals surface area contributed by atoms with E-state index in [0.29, 0.717) is 17.4 Å². The molecule has 0 spiro atoms. The van der Waals surface area contributed by atoms with Crippen LogP contribution in [-0.2, 0) is 21.7 Å². The highest BCUT2D eigenvalue weighted by Gasteiger charge is 2.30. The highest BCUT2D eigenvalue weighted by Crippen LogP contribution is 2.26. The summed E-state index contributed by atoms with van der Waals surface area (Å²) in [5.74, 6) is 0.119. The number of carbonyl (C=O) groups is 1. The molecule has 1 amide bonds. The Kier molecular flexibility index (Phi) is 5.33. The quantitative estimate of drug-likeness (QED) is 0.766. The summed E-state index contributed by atoms with van der Waals surface area (Å²) in [5, 5.41) is 11.1. The summed E-state index contributed by atoms with van der Waals surface area (Å²) < 4.78 is 37.8. The third kappa shape index (κ3) is 4.24. The predicted octanol–water partition coefficient (Wildman–Crippen LogP) is 1.41. The van der Waals surface area contributed by atoms with Crippen LogP contribution in [0.4, 0.5) is 4.39 Å². The molecule has 26 heavy (non-hydrogen) atoms. The van der Waals surface area contributed by atoms with Crippen molar-refractivity contribution >= 4 is 27.5 Å². The monoisotopic (exact) mass is 398 g/mol. The van der Waals surface area contributed by atoms with Crippen LogP contribution in [0, 0.1) is 5.82 Å². The SMILES string of the molecule is C[C@H](Sc1nnc(-c2ccc(F)cc2)n1C)C(=O)N[C@H]1CCS(=O)(=O)C1. The maximum absolute atomic E-state index is 13.1. The largest absolute Gasteiger partial charge is 0.351 e. The lowest BCUT2D eigenvalue weighted by Crippen LogP contribution is -2.40. The van der Waals surface area contributed by atoms with Crippen LogP contribution in [0.2, 0.25) is 0 Å². The van der Waals surface area contributed by atoms with Gasteiger partial charge in [-0.3, -0.25) is 4.79 Å². The Bertz CT molecular complexity index is 912. The first-order valence-corrected chi connectivity index (χ1v) is 10.8. The van der Waals surface area contributed by atoms with Crippen LogP contribution in [0.3, 0.4) is 0 Å². The van der Waals surface area contributed by atoms with Gasteiger partial charge < -0.3 is 9.88 Å². The van der Waals surface area contributed by atoms with E-state index < -0.39 is 15.1 Å². The molecule has 0 unspecified atom stereocenters. The molecule has 1 saturated heterocycles. The van der Waals surface area contributed by atoms with E-state index in [1.165, 1.54) is 23.9 Å². The molecule has 1 aromatic heterocycles. The molecule has 3 rings (SSSR count). The number of carbonyl (C=O) groups excluding carboxylic acids is 1. The van der Waals surface area contributed by atoms with E-state index in [4.69, 9.17) is 0 Å². The molecule has 1 N–H and O–H groups in total. The summed E-state index contributed by atoms with van der Waals surface area (Å²) in [7, 11) is -1.26. The van der Waals surface area contributed by atoms with Crippen molar-refractivity contribution in [1.82, 2.24) is 20.1 Å². The van der Waals surface area contributed by atoms with Crippen molar-refractivity contribution in [2.75, 3.05) is 11.5 Å². The maximum Gasteiger partial charge on any atom is 0.233 e. The van der Waals surface area contributed by atoms with E-state index >= 15 is 0 Å². The van der Waals surface area contributed by atoms with Crippen molar-refractivity contribution in [1.29, 1.82) is 0 Å². The summed E-state index contributed by atoms with van der Waals surface area (Å²) in [5.41, 5.74) is 0.724. The summed E-state index contributed by atoms with van der Waals surface area (Å²) in [6.45, 7) is 1.73. The molecule has 7 nitrogen and oxygen atoms in total. The second-order valence-electron chi connectivity index (χ2n) is 6.24. The smallest absolute Gasteiger partial charge is 0.233 e. The van der Waals surface area contributed by atoms with Gasteiger partial charge >= 0.3 is 0 Å². The lowest BCUT2D eigenvalue weighted by molar-refractivity contribution is -0.120. The average molecular weight is 398 g/mol. The first-order valence-electron chi connectivity index (χ1n) is 8.08. The zero-order valence-corrected chi connectivity index (χ0v) is 16.0. The summed E-state index contributed by atoms with van der Waals surface area (Å²) in [6.07, 6.45) is 0.449. The Morgan fingerprint density at radius 1 is 1.35 bits per heavy atom. The van der Waals surface area contributed by atoms with Crippen molar-refractivity contribution in [2.45, 2.75) is 29.8 Å². The molecule has 2 heterocycles. The zero-order valence-electron chi connectivity index (χ0n) is 14.3. The molecule has 10 heteroatoms. The van der Waals surface area contributed by atoms with Crippen molar-refractivity contribution in [2.24, 2.45) is 7.05 Å². The molecule has 2 atom stereocenters. The zero-order chi connectivity index (χ0) is 18.9. The number of nitrogens with zero attached hydrogens (tertiary/aromatic N) is 3. The molecule has 1 aliphatic heterocycles. The number of thioether (sulfide) groups is 1. The molecule has 140 valence electrons. The fourth-order valence-corrected chi connectivity index (χ4v) is 5.20. The second kappa shape index (κ2) is 7.36. The topological polar surface area (TPSA) is 93.9 Å². The van der Waals surface area contributed by atoms with E-state index in [1.807, 2.05) is 0 Å². The van der Waals surface area contributed by atoms with Crippen molar-refractivity contribution in [3.8, 4) is 11.4 Å². The number of benzene rings is 1. The van der Waals surface area contributed by atoms with Gasteiger partial charge in [0.1, 0.15) is 5.82 Å². The van der Waals surface area contributed by atoms with Crippen molar-refractivity contribution in [3.63, 3.8) is 0 Å². The second-order valence-corrected chi connectivity index (χ2v) is 9.78. The first kappa shape index (κ1) is 18.8. The Hall–Kier alpha value is -1.94. The summed E-state index contributed by atoms with van der Waals surface area (Å²) in [4.78, 5) is 12.3. The maximum atomic E-state index is 13.1. The Morgan fingerprint density at radius 3 is 2.65 bits per heavy atom. The number of amides is 1. The van der Waals surface area contributed by atoms with Crippen LogP contribution in [0.5, 0.6) is 0 Å². The first-order chi connectivity index (χ1) is 12.2. The number of hydrogen-bond donors (Lipinski definition) is 1. The number of sulfone groups is 1. The molecule has 2 aromatic rings. The molecule has 0 bridgehead atoms. The van der Waals surface area contributed by atoms with Gasteiger partial charge in [0.25, 0.3) is 0 Å². The van der Waals surface area contributed by atoms with Gasteiger partial charge in [-0.05, 0) is 37.6 Å².